The summed E-state index contributed by atoms with van der Waals surface area (Å²) >= 11 is 0. The van der Waals surface area contributed by atoms with Crippen LogP contribution in [0.2, 0.25) is 0 Å². The number of nitrogens with one attached hydrogen (secondary N) is 1. The zero-order valence-electron chi connectivity index (χ0n) is 12.6. The number of fused-ring (bicyclic) bond motifs is 1. The van der Waals surface area contributed by atoms with Gasteiger partial charge in [-0.15, -0.1) is 0 Å². The van der Waals surface area contributed by atoms with Crippen LogP contribution in [0.4, 0.5) is 0 Å². The van der Waals surface area contributed by atoms with Gasteiger partial charge in [-0.1, -0.05) is 32.0 Å². The van der Waals surface area contributed by atoms with Gasteiger partial charge in [-0.2, -0.15) is 0 Å². The lowest BCUT2D eigenvalue weighted by molar-refractivity contribution is 0.0659. The molecule has 1 aromatic heterocycles. The molecule has 2 rings (SSSR count). The van der Waals surface area contributed by atoms with Crippen molar-refractivity contribution in [1.29, 1.82) is 0 Å². The van der Waals surface area contributed by atoms with Crippen LogP contribution in [0.5, 0.6) is 0 Å². The summed E-state index contributed by atoms with van der Waals surface area (Å²) in [6.07, 6.45) is 4.11. The van der Waals surface area contributed by atoms with E-state index >= 15 is 0 Å². The van der Waals surface area contributed by atoms with Crippen molar-refractivity contribution < 1.29 is 4.74 Å². The third-order valence-electron chi connectivity index (χ3n) is 3.80. The van der Waals surface area contributed by atoms with Gasteiger partial charge in [-0.25, -0.2) is 0 Å². The van der Waals surface area contributed by atoms with E-state index < -0.39 is 0 Å². The minimum absolute atomic E-state index is 0.238. The van der Waals surface area contributed by atoms with Crippen LogP contribution in [0.25, 0.3) is 10.9 Å². The summed E-state index contributed by atoms with van der Waals surface area (Å²) in [4.78, 5) is 4.43. The summed E-state index contributed by atoms with van der Waals surface area (Å²) in [5.41, 5.74) is 2.39. The first-order chi connectivity index (χ1) is 9.80. The molecule has 2 aromatic rings. The number of pyridine rings is 1. The van der Waals surface area contributed by atoms with Gasteiger partial charge in [0.15, 0.2) is 0 Å². The average Bonchev–Trinajstić information content (AvgIpc) is 2.49. The molecule has 1 aromatic carbocycles. The van der Waals surface area contributed by atoms with Crippen LogP contribution in [-0.2, 0) is 11.2 Å². The number of likely N-dealkylation sites (N-methyl/N-ethyl adjacent to an activating group) is 1. The van der Waals surface area contributed by atoms with Crippen LogP contribution in [0.1, 0.15) is 25.8 Å². The molecular weight excluding hydrogens is 248 g/mol. The van der Waals surface area contributed by atoms with Crippen molar-refractivity contribution in [3.05, 3.63) is 42.1 Å². The molecule has 0 aliphatic rings. The fourth-order valence-electron chi connectivity index (χ4n) is 2.78. The van der Waals surface area contributed by atoms with Gasteiger partial charge < -0.3 is 10.1 Å². The molecule has 0 bridgehead atoms. The van der Waals surface area contributed by atoms with E-state index in [0.717, 1.165) is 24.9 Å². The monoisotopic (exact) mass is 272 g/mol. The van der Waals surface area contributed by atoms with Gasteiger partial charge in [0.2, 0.25) is 0 Å². The Bertz CT molecular complexity index is 532. The van der Waals surface area contributed by atoms with Crippen LogP contribution >= 0.6 is 0 Å². The molecule has 1 heterocycles. The zero-order valence-corrected chi connectivity index (χ0v) is 12.6. The van der Waals surface area contributed by atoms with Gasteiger partial charge in [0.1, 0.15) is 0 Å². The van der Waals surface area contributed by atoms with E-state index in [1.807, 2.05) is 12.3 Å². The Labute approximate surface area is 121 Å². The van der Waals surface area contributed by atoms with E-state index in [0.29, 0.717) is 6.04 Å². The van der Waals surface area contributed by atoms with E-state index in [1.165, 1.54) is 10.9 Å². The second-order valence-corrected chi connectivity index (χ2v) is 5.04. The maximum Gasteiger partial charge on any atom is 0.0724 e. The molecular formula is C17H24N2O. The Morgan fingerprint density at radius 2 is 2.00 bits per heavy atom. The van der Waals surface area contributed by atoms with Crippen LogP contribution in [-0.4, -0.2) is 30.8 Å². The maximum atomic E-state index is 5.62. The van der Waals surface area contributed by atoms with Crippen molar-refractivity contribution in [2.75, 3.05) is 13.7 Å². The molecule has 2 unspecified atom stereocenters. The van der Waals surface area contributed by atoms with E-state index in [4.69, 9.17) is 4.74 Å². The number of nitrogens with zero attached hydrogens (tertiary/aromatic N) is 1. The number of methoxy groups -OCH3 is 1. The maximum absolute atomic E-state index is 5.62. The highest BCUT2D eigenvalue weighted by Crippen LogP contribution is 2.19. The molecule has 3 heteroatoms. The highest BCUT2D eigenvalue weighted by atomic mass is 16.5. The Hall–Kier alpha value is -1.45. The summed E-state index contributed by atoms with van der Waals surface area (Å²) in [6.45, 7) is 5.26. The van der Waals surface area contributed by atoms with Crippen LogP contribution in [0.3, 0.4) is 0 Å². The lowest BCUT2D eigenvalue weighted by Gasteiger charge is -2.26. The zero-order chi connectivity index (χ0) is 14.4. The summed E-state index contributed by atoms with van der Waals surface area (Å²) in [5, 5.41) is 4.79. The number of benzene rings is 1. The van der Waals surface area contributed by atoms with Gasteiger partial charge in [0.05, 0.1) is 11.6 Å². The summed E-state index contributed by atoms with van der Waals surface area (Å²) in [5.74, 6) is 0. The van der Waals surface area contributed by atoms with Gasteiger partial charge in [-0.3, -0.25) is 4.98 Å². The molecule has 0 aliphatic carbocycles. The lowest BCUT2D eigenvalue weighted by atomic mass is 9.97. The van der Waals surface area contributed by atoms with E-state index in [1.54, 1.807) is 7.11 Å². The van der Waals surface area contributed by atoms with Gasteiger partial charge in [0, 0.05) is 24.7 Å². The van der Waals surface area contributed by atoms with Gasteiger partial charge >= 0.3 is 0 Å². The SMILES string of the molecule is CCNC(Cc1ccnc2ccccc12)C(CC)OC. The summed E-state index contributed by atoms with van der Waals surface area (Å²) < 4.78 is 5.62. The predicted octanol–water partition coefficient (Wildman–Crippen LogP) is 3.18. The van der Waals surface area contributed by atoms with Crippen molar-refractivity contribution in [2.24, 2.45) is 0 Å². The molecule has 3 nitrogen and oxygen atoms in total. The standard InChI is InChI=1S/C17H24N2O/c1-4-17(20-3)16(18-5-2)12-13-10-11-19-15-9-7-6-8-14(13)15/h6-11,16-18H,4-5,12H2,1-3H3. The molecule has 20 heavy (non-hydrogen) atoms. The Kier molecular flexibility index (Phi) is 5.50. The molecule has 2 atom stereocenters. The van der Waals surface area contributed by atoms with E-state index in [2.05, 4.69) is 48.4 Å². The van der Waals surface area contributed by atoms with Gasteiger partial charge in [-0.05, 0) is 37.1 Å². The molecule has 108 valence electrons. The normalized spacial score (nSPS) is 14.3. The molecule has 0 radical (unpaired) electrons. The van der Waals surface area contributed by atoms with Crippen molar-refractivity contribution in [3.63, 3.8) is 0 Å². The highest BCUT2D eigenvalue weighted by Gasteiger charge is 2.19. The van der Waals surface area contributed by atoms with Crippen molar-refractivity contribution in [1.82, 2.24) is 10.3 Å². The van der Waals surface area contributed by atoms with Crippen molar-refractivity contribution >= 4 is 10.9 Å². The third-order valence-corrected chi connectivity index (χ3v) is 3.80. The molecule has 0 spiro atoms. The van der Waals surface area contributed by atoms with Gasteiger partial charge in [0.25, 0.3) is 0 Å². The number of ether oxygens (including phenoxy) is 1. The number of aromatic nitrogens is 1. The molecule has 0 amide bonds. The number of hydrogen-bond donors (Lipinski definition) is 1. The topological polar surface area (TPSA) is 34.2 Å². The number of para-hydroxylation sites is 1. The highest BCUT2D eigenvalue weighted by molar-refractivity contribution is 5.81. The third kappa shape index (κ3) is 3.35. The number of hydrogen-bond acceptors (Lipinski definition) is 3. The molecule has 1 N–H and O–H groups in total. The first kappa shape index (κ1) is 14.9. The minimum Gasteiger partial charge on any atom is -0.380 e. The molecule has 0 fully saturated rings. The lowest BCUT2D eigenvalue weighted by Crippen LogP contribution is -2.42. The second kappa shape index (κ2) is 7.36. The first-order valence-electron chi connectivity index (χ1n) is 7.38. The van der Waals surface area contributed by atoms with Crippen LogP contribution in [0, 0.1) is 0 Å². The number of rotatable bonds is 7. The molecule has 0 aliphatic heterocycles. The van der Waals surface area contributed by atoms with Crippen molar-refractivity contribution in [2.45, 2.75) is 38.8 Å². The van der Waals surface area contributed by atoms with E-state index in [-0.39, 0.29) is 6.10 Å². The molecule has 0 saturated heterocycles. The summed E-state index contributed by atoms with van der Waals surface area (Å²) in [6, 6.07) is 10.8. The minimum atomic E-state index is 0.238. The van der Waals surface area contributed by atoms with Crippen LogP contribution < -0.4 is 5.32 Å². The summed E-state index contributed by atoms with van der Waals surface area (Å²) in [7, 11) is 1.79. The Morgan fingerprint density at radius 3 is 2.70 bits per heavy atom. The van der Waals surface area contributed by atoms with E-state index in [9.17, 15) is 0 Å². The van der Waals surface area contributed by atoms with Crippen molar-refractivity contribution in [3.8, 4) is 0 Å². The fraction of sp³-hybridized carbons (Fsp3) is 0.471. The predicted molar refractivity (Wildman–Crippen MR) is 84.0 cm³/mol. The Balaban J connectivity index is 2.28. The van der Waals surface area contributed by atoms with Crippen LogP contribution in [0.15, 0.2) is 36.5 Å². The second-order valence-electron chi connectivity index (χ2n) is 5.04. The molecule has 0 saturated carbocycles. The first-order valence-corrected chi connectivity index (χ1v) is 7.38. The fourth-order valence-corrected chi connectivity index (χ4v) is 2.78. The smallest absolute Gasteiger partial charge is 0.0724 e. The average molecular weight is 272 g/mol. The largest absolute Gasteiger partial charge is 0.380 e. The Morgan fingerprint density at radius 1 is 1.20 bits per heavy atom. The quantitative estimate of drug-likeness (QED) is 0.840.